The van der Waals surface area contributed by atoms with Gasteiger partial charge in [-0.15, -0.1) is 0 Å². The molecule has 1 amide bonds. The quantitative estimate of drug-likeness (QED) is 0.372. The molecule has 1 heterocycles. The Labute approximate surface area is 200 Å². The first kappa shape index (κ1) is 24.9. The molecule has 0 bridgehead atoms. The highest BCUT2D eigenvalue weighted by atomic mass is 16.5. The molecule has 0 radical (unpaired) electrons. The van der Waals surface area contributed by atoms with Gasteiger partial charge < -0.3 is 23.8 Å². The molecule has 2 aromatic rings. The van der Waals surface area contributed by atoms with Crippen molar-refractivity contribution in [1.29, 1.82) is 0 Å². The zero-order chi connectivity index (χ0) is 24.7. The zero-order valence-corrected chi connectivity index (χ0v) is 20.3. The van der Waals surface area contributed by atoms with Crippen molar-refractivity contribution in [2.45, 2.75) is 33.7 Å². The third-order valence-corrected chi connectivity index (χ3v) is 5.44. The Bertz CT molecular complexity index is 1100. The Morgan fingerprint density at radius 1 is 1.00 bits per heavy atom. The van der Waals surface area contributed by atoms with Gasteiger partial charge in [0.05, 0.1) is 45.1 Å². The highest BCUT2D eigenvalue weighted by Crippen LogP contribution is 2.35. The van der Waals surface area contributed by atoms with Crippen LogP contribution in [0, 0.1) is 0 Å². The van der Waals surface area contributed by atoms with E-state index in [2.05, 4.69) is 0 Å². The highest BCUT2D eigenvalue weighted by Gasteiger charge is 2.37. The lowest BCUT2D eigenvalue weighted by Gasteiger charge is -2.18. The van der Waals surface area contributed by atoms with E-state index in [1.165, 1.54) is 7.11 Å². The van der Waals surface area contributed by atoms with Crippen LogP contribution in [0.4, 0.5) is 0 Å². The number of allylic oxidation sites excluding steroid dienone is 1. The SMILES string of the molecule is CCCOc1ccc(/C=C2\C(=O)N(Cc3ccc(OC)cc3)C(C)=C2C(=O)OC)cc1OCC. The van der Waals surface area contributed by atoms with E-state index in [4.69, 9.17) is 18.9 Å². The van der Waals surface area contributed by atoms with E-state index in [9.17, 15) is 9.59 Å². The Morgan fingerprint density at radius 3 is 2.35 bits per heavy atom. The molecule has 7 nitrogen and oxygen atoms in total. The summed E-state index contributed by atoms with van der Waals surface area (Å²) in [4.78, 5) is 27.6. The normalized spacial score (nSPS) is 14.6. The van der Waals surface area contributed by atoms with Crippen molar-refractivity contribution < 1.29 is 28.5 Å². The highest BCUT2D eigenvalue weighted by molar-refractivity contribution is 6.16. The van der Waals surface area contributed by atoms with E-state index >= 15 is 0 Å². The number of amides is 1. The minimum atomic E-state index is -0.553. The molecular weight excluding hydrogens is 434 g/mol. The number of benzene rings is 2. The number of esters is 1. The van der Waals surface area contributed by atoms with Crippen LogP contribution in [0.3, 0.4) is 0 Å². The zero-order valence-electron chi connectivity index (χ0n) is 20.3. The maximum atomic E-state index is 13.4. The van der Waals surface area contributed by atoms with Crippen LogP contribution < -0.4 is 14.2 Å². The predicted octanol–water partition coefficient (Wildman–Crippen LogP) is 4.76. The second-order valence-electron chi connectivity index (χ2n) is 7.74. The lowest BCUT2D eigenvalue weighted by Crippen LogP contribution is -2.24. The molecule has 0 aliphatic carbocycles. The third kappa shape index (κ3) is 5.42. The second-order valence-corrected chi connectivity index (χ2v) is 7.74. The van der Waals surface area contributed by atoms with Gasteiger partial charge in [-0.05, 0) is 61.7 Å². The fourth-order valence-corrected chi connectivity index (χ4v) is 3.71. The molecule has 0 unspecified atom stereocenters. The van der Waals surface area contributed by atoms with Gasteiger partial charge in [0.25, 0.3) is 5.91 Å². The van der Waals surface area contributed by atoms with Crippen LogP contribution in [0.15, 0.2) is 59.3 Å². The van der Waals surface area contributed by atoms with Crippen molar-refractivity contribution in [3.05, 3.63) is 70.4 Å². The number of ether oxygens (including phenoxy) is 4. The van der Waals surface area contributed by atoms with Crippen molar-refractivity contribution in [3.8, 4) is 17.2 Å². The molecule has 0 atom stereocenters. The van der Waals surface area contributed by atoms with Gasteiger partial charge in [0, 0.05) is 5.70 Å². The molecular formula is C27H31NO6. The van der Waals surface area contributed by atoms with E-state index in [0.29, 0.717) is 37.0 Å². The van der Waals surface area contributed by atoms with Crippen molar-refractivity contribution in [3.63, 3.8) is 0 Å². The fraction of sp³-hybridized carbons (Fsp3) is 0.333. The van der Waals surface area contributed by atoms with E-state index in [1.807, 2.05) is 56.3 Å². The number of hydrogen-bond donors (Lipinski definition) is 0. The van der Waals surface area contributed by atoms with Gasteiger partial charge in [-0.3, -0.25) is 4.79 Å². The van der Waals surface area contributed by atoms with Gasteiger partial charge in [0.15, 0.2) is 11.5 Å². The summed E-state index contributed by atoms with van der Waals surface area (Å²) in [6.45, 7) is 7.05. The Hall–Kier alpha value is -3.74. The molecule has 0 N–H and O–H groups in total. The lowest BCUT2D eigenvalue weighted by atomic mass is 10.0. The van der Waals surface area contributed by atoms with Gasteiger partial charge >= 0.3 is 5.97 Å². The summed E-state index contributed by atoms with van der Waals surface area (Å²) in [6, 6.07) is 12.9. The topological polar surface area (TPSA) is 74.3 Å². The number of rotatable bonds is 10. The lowest BCUT2D eigenvalue weighted by molar-refractivity contribution is -0.136. The van der Waals surface area contributed by atoms with Gasteiger partial charge in [-0.2, -0.15) is 0 Å². The molecule has 2 aromatic carbocycles. The first-order valence-electron chi connectivity index (χ1n) is 11.3. The molecule has 0 saturated carbocycles. The summed E-state index contributed by atoms with van der Waals surface area (Å²) in [6.07, 6.45) is 2.57. The summed E-state index contributed by atoms with van der Waals surface area (Å²) >= 11 is 0. The van der Waals surface area contributed by atoms with Crippen LogP contribution in [-0.2, 0) is 20.9 Å². The Kier molecular flexibility index (Phi) is 8.35. The molecule has 0 aromatic heterocycles. The average Bonchev–Trinajstić information content (AvgIpc) is 3.08. The van der Waals surface area contributed by atoms with E-state index in [0.717, 1.165) is 23.3 Å². The minimum absolute atomic E-state index is 0.255. The maximum Gasteiger partial charge on any atom is 0.340 e. The maximum absolute atomic E-state index is 13.4. The summed E-state index contributed by atoms with van der Waals surface area (Å²) in [5, 5.41) is 0. The van der Waals surface area contributed by atoms with Crippen molar-refractivity contribution >= 4 is 18.0 Å². The smallest absolute Gasteiger partial charge is 0.340 e. The largest absolute Gasteiger partial charge is 0.497 e. The first-order valence-corrected chi connectivity index (χ1v) is 11.3. The summed E-state index contributed by atoms with van der Waals surface area (Å²) in [5.41, 5.74) is 2.71. The van der Waals surface area contributed by atoms with Crippen LogP contribution in [0.2, 0.25) is 0 Å². The molecule has 1 aliphatic heterocycles. The summed E-state index contributed by atoms with van der Waals surface area (Å²) < 4.78 is 21.7. The van der Waals surface area contributed by atoms with Gasteiger partial charge in [-0.1, -0.05) is 25.1 Å². The molecule has 0 fully saturated rings. The van der Waals surface area contributed by atoms with Crippen molar-refractivity contribution in [1.82, 2.24) is 4.90 Å². The number of carbonyl (C=O) groups excluding carboxylic acids is 2. The van der Waals surface area contributed by atoms with Gasteiger partial charge in [0.2, 0.25) is 0 Å². The standard InChI is InChI=1S/C27H31NO6/c1-6-14-34-23-13-10-20(16-24(23)33-7-2)15-22-25(27(30)32-5)18(3)28(26(22)29)17-19-8-11-21(31-4)12-9-19/h8-13,15-16H,6-7,14,17H2,1-5H3/b22-15-. The molecule has 180 valence electrons. The summed E-state index contributed by atoms with van der Waals surface area (Å²) in [5.74, 6) is 1.15. The number of hydrogen-bond acceptors (Lipinski definition) is 6. The van der Waals surface area contributed by atoms with Crippen LogP contribution in [0.5, 0.6) is 17.2 Å². The fourth-order valence-electron chi connectivity index (χ4n) is 3.71. The Balaban J connectivity index is 1.98. The Morgan fingerprint density at radius 2 is 1.74 bits per heavy atom. The molecule has 1 aliphatic rings. The number of carbonyl (C=O) groups is 2. The van der Waals surface area contributed by atoms with Crippen LogP contribution in [-0.4, -0.2) is 44.2 Å². The van der Waals surface area contributed by atoms with Crippen LogP contribution in [0.1, 0.15) is 38.3 Å². The third-order valence-electron chi connectivity index (χ3n) is 5.44. The first-order chi connectivity index (χ1) is 16.4. The number of nitrogens with zero attached hydrogens (tertiary/aromatic N) is 1. The summed E-state index contributed by atoms with van der Waals surface area (Å²) in [7, 11) is 2.91. The molecule has 3 rings (SSSR count). The van der Waals surface area contributed by atoms with Crippen LogP contribution in [0.25, 0.3) is 6.08 Å². The second kappa shape index (κ2) is 11.4. The van der Waals surface area contributed by atoms with E-state index in [-0.39, 0.29) is 17.1 Å². The monoisotopic (exact) mass is 465 g/mol. The molecule has 0 spiro atoms. The molecule has 34 heavy (non-hydrogen) atoms. The number of methoxy groups -OCH3 is 2. The van der Waals surface area contributed by atoms with Crippen LogP contribution >= 0.6 is 0 Å². The van der Waals surface area contributed by atoms with Gasteiger partial charge in [0.1, 0.15) is 5.75 Å². The molecule has 0 saturated heterocycles. The van der Waals surface area contributed by atoms with E-state index < -0.39 is 5.97 Å². The predicted molar refractivity (Wildman–Crippen MR) is 130 cm³/mol. The van der Waals surface area contributed by atoms with Crippen molar-refractivity contribution in [2.24, 2.45) is 0 Å². The van der Waals surface area contributed by atoms with Gasteiger partial charge in [-0.25, -0.2) is 4.79 Å². The minimum Gasteiger partial charge on any atom is -0.497 e. The van der Waals surface area contributed by atoms with E-state index in [1.54, 1.807) is 25.0 Å². The average molecular weight is 466 g/mol. The van der Waals surface area contributed by atoms with Crippen molar-refractivity contribution in [2.75, 3.05) is 27.4 Å². The molecule has 7 heteroatoms.